The molecular formula is C19H19N3O4S. The second-order valence-electron chi connectivity index (χ2n) is 5.64. The van der Waals surface area contributed by atoms with Crippen LogP contribution in [0.2, 0.25) is 0 Å². The number of aromatic nitrogens is 2. The molecule has 140 valence electrons. The van der Waals surface area contributed by atoms with Gasteiger partial charge in [0, 0.05) is 16.5 Å². The first-order chi connectivity index (χ1) is 13.1. The van der Waals surface area contributed by atoms with Crippen molar-refractivity contribution in [2.24, 2.45) is 0 Å². The summed E-state index contributed by atoms with van der Waals surface area (Å²) in [6, 6.07) is 12.2. The van der Waals surface area contributed by atoms with Crippen LogP contribution in [0.1, 0.15) is 4.88 Å². The number of carbonyl (C=O) groups is 1. The Labute approximate surface area is 160 Å². The lowest BCUT2D eigenvalue weighted by Gasteiger charge is -2.11. The minimum absolute atomic E-state index is 0.147. The largest absolute Gasteiger partial charge is 0.493 e. The number of methoxy groups -OCH3 is 2. The van der Waals surface area contributed by atoms with Crippen molar-refractivity contribution in [1.82, 2.24) is 15.1 Å². The number of hydrogen-bond acceptors (Lipinski definition) is 6. The predicted molar refractivity (Wildman–Crippen MR) is 103 cm³/mol. The minimum Gasteiger partial charge on any atom is -0.493 e. The molecule has 0 atom stereocenters. The summed E-state index contributed by atoms with van der Waals surface area (Å²) < 4.78 is 11.7. The van der Waals surface area contributed by atoms with Gasteiger partial charge in [-0.3, -0.25) is 9.59 Å². The van der Waals surface area contributed by atoms with Gasteiger partial charge in [0.1, 0.15) is 6.54 Å². The topological polar surface area (TPSA) is 82.5 Å². The Balaban J connectivity index is 1.78. The smallest absolute Gasteiger partial charge is 0.267 e. The van der Waals surface area contributed by atoms with E-state index >= 15 is 0 Å². The van der Waals surface area contributed by atoms with E-state index in [9.17, 15) is 9.59 Å². The number of nitrogens with one attached hydrogen (secondary N) is 1. The van der Waals surface area contributed by atoms with Crippen molar-refractivity contribution in [3.63, 3.8) is 0 Å². The summed E-state index contributed by atoms with van der Waals surface area (Å²) in [6.45, 7) is 0.284. The fraction of sp³-hybridized carbons (Fsp3) is 0.211. The van der Waals surface area contributed by atoms with Crippen molar-refractivity contribution in [1.29, 1.82) is 0 Å². The first-order valence-electron chi connectivity index (χ1n) is 8.20. The molecule has 3 aromatic rings. The van der Waals surface area contributed by atoms with Gasteiger partial charge < -0.3 is 14.8 Å². The quantitative estimate of drug-likeness (QED) is 0.675. The lowest BCUT2D eigenvalue weighted by atomic mass is 10.1. The number of hydrogen-bond donors (Lipinski definition) is 1. The van der Waals surface area contributed by atoms with Crippen LogP contribution in [0.3, 0.4) is 0 Å². The van der Waals surface area contributed by atoms with Gasteiger partial charge >= 0.3 is 0 Å². The summed E-state index contributed by atoms with van der Waals surface area (Å²) in [4.78, 5) is 25.3. The molecule has 8 heteroatoms. The van der Waals surface area contributed by atoms with Crippen LogP contribution in [-0.2, 0) is 17.9 Å². The average molecular weight is 385 g/mol. The number of nitrogens with zero attached hydrogens (tertiary/aromatic N) is 2. The van der Waals surface area contributed by atoms with Gasteiger partial charge in [0.2, 0.25) is 5.91 Å². The summed E-state index contributed by atoms with van der Waals surface area (Å²) in [6.07, 6.45) is 0. The van der Waals surface area contributed by atoms with E-state index in [-0.39, 0.29) is 18.0 Å². The lowest BCUT2D eigenvalue weighted by molar-refractivity contribution is -0.122. The highest BCUT2D eigenvalue weighted by atomic mass is 32.1. The van der Waals surface area contributed by atoms with E-state index in [1.54, 1.807) is 43.8 Å². The van der Waals surface area contributed by atoms with Gasteiger partial charge in [-0.2, -0.15) is 5.10 Å². The predicted octanol–water partition coefficient (Wildman–Crippen LogP) is 2.31. The SMILES string of the molecule is COc1ccc(-c2ccc(=O)n(CC(=O)NCc3cccs3)n2)cc1OC. The molecule has 1 N–H and O–H groups in total. The maximum absolute atomic E-state index is 12.1. The van der Waals surface area contributed by atoms with Gasteiger partial charge in [0.15, 0.2) is 11.5 Å². The van der Waals surface area contributed by atoms with E-state index in [2.05, 4.69) is 10.4 Å². The molecule has 2 heterocycles. The maximum atomic E-state index is 12.1. The second-order valence-corrected chi connectivity index (χ2v) is 6.67. The molecule has 0 radical (unpaired) electrons. The number of carbonyl (C=O) groups excluding carboxylic acids is 1. The Morgan fingerprint density at radius 3 is 2.67 bits per heavy atom. The van der Waals surface area contributed by atoms with Crippen molar-refractivity contribution in [2.45, 2.75) is 13.1 Å². The molecule has 1 aromatic carbocycles. The van der Waals surface area contributed by atoms with Crippen molar-refractivity contribution >= 4 is 17.2 Å². The van der Waals surface area contributed by atoms with Crippen LogP contribution in [0.5, 0.6) is 11.5 Å². The lowest BCUT2D eigenvalue weighted by Crippen LogP contribution is -2.33. The van der Waals surface area contributed by atoms with Crippen molar-refractivity contribution in [3.8, 4) is 22.8 Å². The monoisotopic (exact) mass is 385 g/mol. The molecule has 0 saturated heterocycles. The third-order valence-corrected chi connectivity index (χ3v) is 4.76. The highest BCUT2D eigenvalue weighted by Gasteiger charge is 2.11. The third kappa shape index (κ3) is 4.53. The Bertz CT molecular complexity index is 983. The zero-order valence-corrected chi connectivity index (χ0v) is 15.8. The van der Waals surface area contributed by atoms with Crippen LogP contribution in [0.25, 0.3) is 11.3 Å². The average Bonchev–Trinajstić information content (AvgIpc) is 3.21. The Hall–Kier alpha value is -3.13. The normalized spacial score (nSPS) is 10.4. The Morgan fingerprint density at radius 1 is 1.15 bits per heavy atom. The summed E-state index contributed by atoms with van der Waals surface area (Å²) in [5.74, 6) is 0.883. The number of benzene rings is 1. The van der Waals surface area contributed by atoms with Crippen LogP contribution >= 0.6 is 11.3 Å². The number of ether oxygens (including phenoxy) is 2. The van der Waals surface area contributed by atoms with Crippen LogP contribution in [0, 0.1) is 0 Å². The number of thiophene rings is 1. The molecule has 0 fully saturated rings. The highest BCUT2D eigenvalue weighted by Crippen LogP contribution is 2.31. The van der Waals surface area contributed by atoms with Gasteiger partial charge in [0.05, 0.1) is 26.5 Å². The highest BCUT2D eigenvalue weighted by molar-refractivity contribution is 7.09. The molecule has 2 aromatic heterocycles. The summed E-state index contributed by atoms with van der Waals surface area (Å²) in [7, 11) is 3.11. The van der Waals surface area contributed by atoms with Gasteiger partial charge in [-0.1, -0.05) is 6.07 Å². The van der Waals surface area contributed by atoms with Crippen LogP contribution < -0.4 is 20.3 Å². The van der Waals surface area contributed by atoms with E-state index in [0.29, 0.717) is 23.7 Å². The van der Waals surface area contributed by atoms with Gasteiger partial charge in [-0.15, -0.1) is 11.3 Å². The van der Waals surface area contributed by atoms with Crippen LogP contribution in [-0.4, -0.2) is 29.9 Å². The van der Waals surface area contributed by atoms with Crippen LogP contribution in [0.15, 0.2) is 52.6 Å². The third-order valence-electron chi connectivity index (χ3n) is 3.88. The van der Waals surface area contributed by atoms with E-state index in [4.69, 9.17) is 9.47 Å². The van der Waals surface area contributed by atoms with Gasteiger partial charge in [-0.25, -0.2) is 4.68 Å². The fourth-order valence-electron chi connectivity index (χ4n) is 2.50. The number of amides is 1. The van der Waals surface area contributed by atoms with Crippen molar-refractivity contribution in [2.75, 3.05) is 14.2 Å². The molecular weight excluding hydrogens is 366 g/mol. The Morgan fingerprint density at radius 2 is 1.96 bits per heavy atom. The fourth-order valence-corrected chi connectivity index (χ4v) is 3.15. The first-order valence-corrected chi connectivity index (χ1v) is 9.08. The first kappa shape index (κ1) is 18.7. The van der Waals surface area contributed by atoms with Gasteiger partial charge in [0.25, 0.3) is 5.56 Å². The summed E-state index contributed by atoms with van der Waals surface area (Å²) in [5, 5.41) is 9.04. The molecule has 0 unspecified atom stereocenters. The molecule has 0 saturated carbocycles. The van der Waals surface area contributed by atoms with Gasteiger partial charge in [-0.05, 0) is 35.7 Å². The zero-order valence-electron chi connectivity index (χ0n) is 15.0. The maximum Gasteiger partial charge on any atom is 0.267 e. The van der Waals surface area contributed by atoms with Crippen molar-refractivity contribution in [3.05, 3.63) is 63.1 Å². The number of rotatable bonds is 7. The summed E-state index contributed by atoms with van der Waals surface area (Å²) in [5.41, 5.74) is 0.965. The molecule has 0 aliphatic rings. The molecule has 0 aliphatic heterocycles. The molecule has 27 heavy (non-hydrogen) atoms. The van der Waals surface area contributed by atoms with Crippen LogP contribution in [0.4, 0.5) is 0 Å². The van der Waals surface area contributed by atoms with E-state index in [1.807, 2.05) is 23.6 Å². The molecule has 0 bridgehead atoms. The molecule has 1 amide bonds. The standard InChI is InChI=1S/C19H19N3O4S/c1-25-16-7-5-13(10-17(16)26-2)15-6-8-19(24)22(21-15)12-18(23)20-11-14-4-3-9-27-14/h3-10H,11-12H2,1-2H3,(H,20,23). The van der Waals surface area contributed by atoms with E-state index in [0.717, 1.165) is 15.1 Å². The Kier molecular flexibility index (Phi) is 5.87. The van der Waals surface area contributed by atoms with Crippen molar-refractivity contribution < 1.29 is 14.3 Å². The second kappa shape index (κ2) is 8.50. The van der Waals surface area contributed by atoms with E-state index < -0.39 is 0 Å². The molecule has 3 rings (SSSR count). The zero-order chi connectivity index (χ0) is 19.2. The minimum atomic E-state index is -0.342. The molecule has 0 aliphatic carbocycles. The van der Waals surface area contributed by atoms with E-state index in [1.165, 1.54) is 6.07 Å². The summed E-state index contributed by atoms with van der Waals surface area (Å²) >= 11 is 1.56. The molecule has 0 spiro atoms. The molecule has 7 nitrogen and oxygen atoms in total.